The van der Waals surface area contributed by atoms with Gasteiger partial charge in [-0.25, -0.2) is 0 Å². The van der Waals surface area contributed by atoms with Gasteiger partial charge in [0.25, 0.3) is 0 Å². The summed E-state index contributed by atoms with van der Waals surface area (Å²) in [6, 6.07) is 6.99. The van der Waals surface area contributed by atoms with Gasteiger partial charge in [-0.3, -0.25) is 9.59 Å². The van der Waals surface area contributed by atoms with Crippen molar-refractivity contribution in [3.63, 3.8) is 0 Å². The Bertz CT molecular complexity index is 886. The normalized spacial score (nSPS) is 27.6. The fourth-order valence-electron chi connectivity index (χ4n) is 4.51. The highest BCUT2D eigenvalue weighted by molar-refractivity contribution is 5.97. The van der Waals surface area contributed by atoms with Crippen molar-refractivity contribution < 1.29 is 19.1 Å². The van der Waals surface area contributed by atoms with Crippen molar-refractivity contribution in [1.82, 2.24) is 15.2 Å². The van der Waals surface area contributed by atoms with Gasteiger partial charge in [0.2, 0.25) is 11.8 Å². The van der Waals surface area contributed by atoms with Crippen LogP contribution in [0.15, 0.2) is 30.5 Å². The van der Waals surface area contributed by atoms with Crippen LogP contribution in [0.1, 0.15) is 24.8 Å². The van der Waals surface area contributed by atoms with Gasteiger partial charge >= 0.3 is 0 Å². The van der Waals surface area contributed by atoms with E-state index in [0.29, 0.717) is 39.0 Å². The van der Waals surface area contributed by atoms with Gasteiger partial charge in [-0.15, -0.1) is 0 Å². The highest BCUT2D eigenvalue weighted by Crippen LogP contribution is 2.34. The van der Waals surface area contributed by atoms with Crippen molar-refractivity contribution in [3.8, 4) is 0 Å². The second-order valence-electron chi connectivity index (χ2n) is 7.61. The Kier molecular flexibility index (Phi) is 3.94. The van der Waals surface area contributed by atoms with E-state index in [1.807, 2.05) is 30.5 Å². The van der Waals surface area contributed by atoms with E-state index in [0.717, 1.165) is 22.9 Å². The van der Waals surface area contributed by atoms with E-state index in [1.165, 1.54) is 0 Å². The van der Waals surface area contributed by atoms with Gasteiger partial charge < -0.3 is 24.7 Å². The molecule has 1 unspecified atom stereocenters. The minimum Gasteiger partial charge on any atom is -0.361 e. The van der Waals surface area contributed by atoms with Gasteiger partial charge in [0.05, 0.1) is 19.8 Å². The fraction of sp³-hybridized carbons (Fsp3) is 0.500. The molecule has 0 radical (unpaired) electrons. The molecule has 1 aromatic heterocycles. The summed E-state index contributed by atoms with van der Waals surface area (Å²) in [4.78, 5) is 30.7. The Balaban J connectivity index is 1.39. The third kappa shape index (κ3) is 2.82. The van der Waals surface area contributed by atoms with E-state index < -0.39 is 17.9 Å². The number of hydrogen-bond donors (Lipinski definition) is 2. The van der Waals surface area contributed by atoms with Crippen molar-refractivity contribution in [2.24, 2.45) is 0 Å². The third-order valence-corrected chi connectivity index (χ3v) is 5.90. The van der Waals surface area contributed by atoms with Crippen molar-refractivity contribution in [2.45, 2.75) is 43.6 Å². The van der Waals surface area contributed by atoms with Crippen molar-refractivity contribution in [2.75, 3.05) is 19.8 Å². The summed E-state index contributed by atoms with van der Waals surface area (Å²) in [5.74, 6) is -0.875. The lowest BCUT2D eigenvalue weighted by Gasteiger charge is -2.49. The molecule has 2 N–H and O–H groups in total. The number of amides is 2. The number of piperazine rings is 1. The van der Waals surface area contributed by atoms with Crippen molar-refractivity contribution >= 4 is 22.7 Å². The average molecular weight is 369 g/mol. The number of fused-ring (bicyclic) bond motifs is 2. The van der Waals surface area contributed by atoms with Crippen LogP contribution in [-0.2, 0) is 25.5 Å². The Morgan fingerprint density at radius 1 is 1.19 bits per heavy atom. The topological polar surface area (TPSA) is 83.7 Å². The molecule has 4 heterocycles. The molecule has 27 heavy (non-hydrogen) atoms. The molecule has 0 bridgehead atoms. The second-order valence-corrected chi connectivity index (χ2v) is 7.61. The summed E-state index contributed by atoms with van der Waals surface area (Å²) in [5.41, 5.74) is 2.06. The second kappa shape index (κ2) is 6.35. The number of nitrogens with one attached hydrogen (secondary N) is 2. The smallest absolute Gasteiger partial charge is 0.246 e. The standard InChI is InChI=1S/C20H23N3O4/c24-18-17-6-7-20(26-8-3-9-27-20)12-23(17)19(25)16(22-18)10-13-11-21-15-5-2-1-4-14(13)15/h1-2,4-5,11,16-17,21H,3,6-10,12H2,(H,22,24)/t16-,17?/m1/s1. The van der Waals surface area contributed by atoms with Gasteiger partial charge in [0.1, 0.15) is 12.1 Å². The lowest BCUT2D eigenvalue weighted by molar-refractivity contribution is -0.288. The van der Waals surface area contributed by atoms with Crippen molar-refractivity contribution in [1.29, 1.82) is 0 Å². The molecule has 2 atom stereocenters. The number of aromatic amines is 1. The molecule has 5 rings (SSSR count). The van der Waals surface area contributed by atoms with Crippen LogP contribution in [-0.4, -0.2) is 59.3 Å². The minimum absolute atomic E-state index is 0.0540. The lowest BCUT2D eigenvalue weighted by Crippen LogP contribution is -2.69. The molecule has 7 nitrogen and oxygen atoms in total. The van der Waals surface area contributed by atoms with Gasteiger partial charge in [0.15, 0.2) is 5.79 Å². The molecular weight excluding hydrogens is 346 g/mol. The van der Waals surface area contributed by atoms with E-state index >= 15 is 0 Å². The number of carbonyl (C=O) groups is 2. The molecule has 2 aromatic rings. The highest BCUT2D eigenvalue weighted by atomic mass is 16.7. The predicted molar refractivity (Wildman–Crippen MR) is 97.9 cm³/mol. The predicted octanol–water partition coefficient (Wildman–Crippen LogP) is 1.33. The molecule has 3 aliphatic heterocycles. The zero-order valence-electron chi connectivity index (χ0n) is 15.1. The van der Waals surface area contributed by atoms with Crippen LogP contribution >= 0.6 is 0 Å². The number of benzene rings is 1. The Hall–Kier alpha value is -2.38. The number of ether oxygens (including phenoxy) is 2. The van der Waals surface area contributed by atoms with E-state index in [2.05, 4.69) is 10.3 Å². The maximum absolute atomic E-state index is 13.2. The first-order valence-corrected chi connectivity index (χ1v) is 9.59. The number of carbonyl (C=O) groups excluding carboxylic acids is 2. The number of nitrogens with zero attached hydrogens (tertiary/aromatic N) is 1. The molecule has 3 fully saturated rings. The molecular formula is C20H23N3O4. The van der Waals surface area contributed by atoms with Gasteiger partial charge in [-0.1, -0.05) is 18.2 Å². The number of aromatic nitrogens is 1. The maximum Gasteiger partial charge on any atom is 0.246 e. The third-order valence-electron chi connectivity index (χ3n) is 5.90. The molecule has 0 saturated carbocycles. The lowest BCUT2D eigenvalue weighted by atomic mass is 9.91. The average Bonchev–Trinajstić information content (AvgIpc) is 3.09. The molecule has 0 aliphatic carbocycles. The summed E-state index contributed by atoms with van der Waals surface area (Å²) in [6.07, 6.45) is 4.45. The Labute approximate surface area is 157 Å². The number of piperidine rings is 1. The SMILES string of the molecule is O=C1N[C@H](Cc2c[nH]c3ccccc23)C(=O)N2CC3(CCC12)OCCCO3. The van der Waals surface area contributed by atoms with Crippen LogP contribution in [0.2, 0.25) is 0 Å². The summed E-state index contributed by atoms with van der Waals surface area (Å²) in [5, 5.41) is 4.01. The van der Waals surface area contributed by atoms with E-state index in [9.17, 15) is 9.59 Å². The zero-order chi connectivity index (χ0) is 18.4. The summed E-state index contributed by atoms with van der Waals surface area (Å²) in [6.45, 7) is 1.60. The Morgan fingerprint density at radius 2 is 2.00 bits per heavy atom. The van der Waals surface area contributed by atoms with Gasteiger partial charge in [0, 0.05) is 29.9 Å². The van der Waals surface area contributed by atoms with Gasteiger partial charge in [-0.05, 0) is 24.5 Å². The number of hydrogen-bond acceptors (Lipinski definition) is 4. The number of rotatable bonds is 2. The molecule has 142 valence electrons. The molecule has 2 amide bonds. The first-order valence-electron chi connectivity index (χ1n) is 9.59. The van der Waals surface area contributed by atoms with Crippen LogP contribution in [0.25, 0.3) is 10.9 Å². The van der Waals surface area contributed by atoms with Crippen molar-refractivity contribution in [3.05, 3.63) is 36.0 Å². The minimum atomic E-state index is -0.743. The quantitative estimate of drug-likeness (QED) is 0.837. The zero-order valence-corrected chi connectivity index (χ0v) is 15.1. The molecule has 3 aliphatic rings. The largest absolute Gasteiger partial charge is 0.361 e. The molecule has 3 saturated heterocycles. The van der Waals surface area contributed by atoms with Crippen LogP contribution in [0.4, 0.5) is 0 Å². The van der Waals surface area contributed by atoms with E-state index in [4.69, 9.17) is 9.47 Å². The van der Waals surface area contributed by atoms with Crippen LogP contribution in [0.5, 0.6) is 0 Å². The first-order chi connectivity index (χ1) is 13.2. The Morgan fingerprint density at radius 3 is 2.85 bits per heavy atom. The molecule has 1 spiro atoms. The van der Waals surface area contributed by atoms with Crippen LogP contribution < -0.4 is 5.32 Å². The highest BCUT2D eigenvalue weighted by Gasteiger charge is 2.50. The maximum atomic E-state index is 13.2. The van der Waals surface area contributed by atoms with Crippen LogP contribution in [0, 0.1) is 0 Å². The van der Waals surface area contributed by atoms with Gasteiger partial charge in [-0.2, -0.15) is 0 Å². The summed E-state index contributed by atoms with van der Waals surface area (Å²) >= 11 is 0. The number of para-hydroxylation sites is 1. The fourth-order valence-corrected chi connectivity index (χ4v) is 4.51. The van der Waals surface area contributed by atoms with E-state index in [1.54, 1.807) is 4.90 Å². The summed E-state index contributed by atoms with van der Waals surface area (Å²) < 4.78 is 11.8. The summed E-state index contributed by atoms with van der Waals surface area (Å²) in [7, 11) is 0. The molecule has 7 heteroatoms. The molecule has 1 aromatic carbocycles. The first kappa shape index (κ1) is 16.8. The van der Waals surface area contributed by atoms with Crippen LogP contribution in [0.3, 0.4) is 0 Å². The van der Waals surface area contributed by atoms with E-state index in [-0.39, 0.29) is 11.8 Å². The number of H-pyrrole nitrogens is 1. The monoisotopic (exact) mass is 369 g/mol.